The predicted molar refractivity (Wildman–Crippen MR) is 76.7 cm³/mol. The smallest absolute Gasteiger partial charge is 0.328 e. The van der Waals surface area contributed by atoms with E-state index >= 15 is 0 Å². The number of hydrogen-bond acceptors (Lipinski definition) is 4. The number of rotatable bonds is 7. The highest BCUT2D eigenvalue weighted by Gasteiger charge is 2.18. The molecule has 106 valence electrons. The molecule has 0 saturated carbocycles. The molecule has 1 rings (SSSR count). The molecule has 1 aromatic rings. The van der Waals surface area contributed by atoms with Gasteiger partial charge >= 0.3 is 5.97 Å². The third kappa shape index (κ3) is 4.47. The lowest BCUT2D eigenvalue weighted by molar-refractivity contribution is -0.144. The summed E-state index contributed by atoms with van der Waals surface area (Å²) in [5, 5.41) is 3.23. The van der Waals surface area contributed by atoms with Crippen molar-refractivity contribution < 1.29 is 14.3 Å². The highest BCUT2D eigenvalue weighted by molar-refractivity contribution is 5.79. The molecule has 1 N–H and O–H groups in total. The highest BCUT2D eigenvalue weighted by Crippen LogP contribution is 2.22. The molecule has 1 atom stereocenters. The van der Waals surface area contributed by atoms with Crippen LogP contribution in [0.3, 0.4) is 0 Å². The number of carbonyl (C=O) groups excluding carboxylic acids is 1. The van der Waals surface area contributed by atoms with Crippen LogP contribution in [0.25, 0.3) is 0 Å². The van der Waals surface area contributed by atoms with Gasteiger partial charge in [0.15, 0.2) is 0 Å². The molecule has 4 nitrogen and oxygen atoms in total. The van der Waals surface area contributed by atoms with Gasteiger partial charge in [-0.3, -0.25) is 0 Å². The summed E-state index contributed by atoms with van der Waals surface area (Å²) in [5.74, 6) is 0.645. The minimum absolute atomic E-state index is 0.196. The lowest BCUT2D eigenvalue weighted by atomic mass is 10.1. The van der Waals surface area contributed by atoms with Crippen LogP contribution in [0, 0.1) is 6.92 Å². The largest absolute Gasteiger partial charge is 0.496 e. The van der Waals surface area contributed by atoms with Crippen LogP contribution in [0.5, 0.6) is 5.75 Å². The molecule has 0 heterocycles. The molecule has 0 aliphatic heterocycles. The Morgan fingerprint density at radius 1 is 1.37 bits per heavy atom. The van der Waals surface area contributed by atoms with Gasteiger partial charge in [-0.25, -0.2) is 4.79 Å². The summed E-state index contributed by atoms with van der Waals surface area (Å²) < 4.78 is 10.3. The molecule has 0 saturated heterocycles. The summed E-state index contributed by atoms with van der Waals surface area (Å²) >= 11 is 0. The minimum Gasteiger partial charge on any atom is -0.496 e. The van der Waals surface area contributed by atoms with E-state index in [1.54, 1.807) is 7.11 Å². The summed E-state index contributed by atoms with van der Waals surface area (Å²) in [6, 6.07) is 5.48. The third-order valence-electron chi connectivity index (χ3n) is 2.88. The average Bonchev–Trinajstić information content (AvgIpc) is 2.39. The van der Waals surface area contributed by atoms with Gasteiger partial charge in [-0.2, -0.15) is 0 Å². The van der Waals surface area contributed by atoms with Crippen LogP contribution >= 0.6 is 0 Å². The van der Waals surface area contributed by atoms with Crippen molar-refractivity contribution in [3.05, 3.63) is 23.8 Å². The number of nitrogens with one attached hydrogen (secondary N) is 1. The van der Waals surface area contributed by atoms with Crippen molar-refractivity contribution in [1.29, 1.82) is 0 Å². The molecule has 19 heavy (non-hydrogen) atoms. The predicted octanol–water partition coefficient (Wildman–Crippen LogP) is 3.15. The first-order chi connectivity index (χ1) is 9.12. The first-order valence-corrected chi connectivity index (χ1v) is 6.70. The molecule has 1 aromatic carbocycles. The molecule has 0 fully saturated rings. The number of methoxy groups -OCH3 is 1. The fourth-order valence-corrected chi connectivity index (χ4v) is 1.95. The Bertz CT molecular complexity index is 418. The van der Waals surface area contributed by atoms with Crippen molar-refractivity contribution in [3.63, 3.8) is 0 Å². The van der Waals surface area contributed by atoms with Crippen LogP contribution in [-0.2, 0) is 9.53 Å². The van der Waals surface area contributed by atoms with Gasteiger partial charge in [0, 0.05) is 5.69 Å². The molecular weight excluding hydrogens is 242 g/mol. The lowest BCUT2D eigenvalue weighted by Gasteiger charge is -2.18. The van der Waals surface area contributed by atoms with Gasteiger partial charge < -0.3 is 14.8 Å². The van der Waals surface area contributed by atoms with Crippen molar-refractivity contribution in [2.45, 2.75) is 39.7 Å². The molecule has 0 aliphatic carbocycles. The van der Waals surface area contributed by atoms with E-state index in [0.29, 0.717) is 6.61 Å². The second-order valence-electron chi connectivity index (χ2n) is 4.42. The Kier molecular flexibility index (Phi) is 6.19. The first-order valence-electron chi connectivity index (χ1n) is 6.70. The van der Waals surface area contributed by atoms with E-state index in [1.807, 2.05) is 39.0 Å². The number of anilines is 1. The summed E-state index contributed by atoms with van der Waals surface area (Å²) in [7, 11) is 1.65. The summed E-state index contributed by atoms with van der Waals surface area (Å²) in [4.78, 5) is 11.8. The van der Waals surface area contributed by atoms with Gasteiger partial charge in [0.05, 0.1) is 13.7 Å². The summed E-state index contributed by atoms with van der Waals surface area (Å²) in [6.07, 6.45) is 1.68. The normalized spacial score (nSPS) is 11.8. The van der Waals surface area contributed by atoms with Crippen LogP contribution in [0.1, 0.15) is 32.3 Å². The number of aryl methyl sites for hydroxylation is 1. The van der Waals surface area contributed by atoms with Gasteiger partial charge in [-0.1, -0.05) is 13.3 Å². The van der Waals surface area contributed by atoms with E-state index in [2.05, 4.69) is 5.32 Å². The number of carbonyl (C=O) groups is 1. The van der Waals surface area contributed by atoms with Gasteiger partial charge in [-0.15, -0.1) is 0 Å². The molecule has 0 aromatic heterocycles. The Morgan fingerprint density at radius 2 is 2.11 bits per heavy atom. The SMILES string of the molecule is CCCC(Nc1ccc(OC)c(C)c1)C(=O)OCC. The monoisotopic (exact) mass is 265 g/mol. The molecule has 0 spiro atoms. The van der Waals surface area contributed by atoms with E-state index in [1.165, 1.54) is 0 Å². The molecule has 0 aliphatic rings. The maximum atomic E-state index is 11.8. The number of ether oxygens (including phenoxy) is 2. The topological polar surface area (TPSA) is 47.6 Å². The zero-order chi connectivity index (χ0) is 14.3. The van der Waals surface area contributed by atoms with Gasteiger partial charge in [0.2, 0.25) is 0 Å². The standard InChI is InChI=1S/C15H23NO3/c1-5-7-13(15(17)19-6-2)16-12-8-9-14(18-4)11(3)10-12/h8-10,13,16H,5-7H2,1-4H3. The fourth-order valence-electron chi connectivity index (χ4n) is 1.95. The maximum Gasteiger partial charge on any atom is 0.328 e. The molecule has 0 amide bonds. The lowest BCUT2D eigenvalue weighted by Crippen LogP contribution is -2.31. The van der Waals surface area contributed by atoms with Crippen molar-refractivity contribution >= 4 is 11.7 Å². The second-order valence-corrected chi connectivity index (χ2v) is 4.42. The molecule has 0 radical (unpaired) electrons. The average molecular weight is 265 g/mol. The van der Waals surface area contributed by atoms with E-state index in [-0.39, 0.29) is 12.0 Å². The van der Waals surface area contributed by atoms with Crippen LogP contribution in [0.4, 0.5) is 5.69 Å². The molecule has 1 unspecified atom stereocenters. The third-order valence-corrected chi connectivity index (χ3v) is 2.88. The van der Waals surface area contributed by atoms with Crippen LogP contribution in [0.15, 0.2) is 18.2 Å². The molecular formula is C15H23NO3. The number of benzene rings is 1. The quantitative estimate of drug-likeness (QED) is 0.769. The van der Waals surface area contributed by atoms with E-state index in [9.17, 15) is 4.79 Å². The van der Waals surface area contributed by atoms with Gasteiger partial charge in [0.1, 0.15) is 11.8 Å². The van der Waals surface area contributed by atoms with Crippen LogP contribution in [-0.4, -0.2) is 25.7 Å². The van der Waals surface area contributed by atoms with Crippen molar-refractivity contribution in [1.82, 2.24) is 0 Å². The van der Waals surface area contributed by atoms with Crippen molar-refractivity contribution in [2.24, 2.45) is 0 Å². The Hall–Kier alpha value is -1.71. The van der Waals surface area contributed by atoms with Gasteiger partial charge in [0.25, 0.3) is 0 Å². The fraction of sp³-hybridized carbons (Fsp3) is 0.533. The molecule has 4 heteroatoms. The number of esters is 1. The Balaban J connectivity index is 2.78. The van der Waals surface area contributed by atoms with E-state index in [4.69, 9.17) is 9.47 Å². The summed E-state index contributed by atoms with van der Waals surface area (Å²) in [5.41, 5.74) is 1.94. The van der Waals surface area contributed by atoms with Crippen molar-refractivity contribution in [2.75, 3.05) is 19.0 Å². The number of hydrogen-bond donors (Lipinski definition) is 1. The second kappa shape index (κ2) is 7.67. The Morgan fingerprint density at radius 3 is 2.63 bits per heavy atom. The minimum atomic E-state index is -0.294. The zero-order valence-electron chi connectivity index (χ0n) is 12.2. The van der Waals surface area contributed by atoms with Crippen molar-refractivity contribution in [3.8, 4) is 5.75 Å². The summed E-state index contributed by atoms with van der Waals surface area (Å²) in [6.45, 7) is 6.25. The molecule has 0 bridgehead atoms. The van der Waals surface area contributed by atoms with E-state index in [0.717, 1.165) is 29.8 Å². The zero-order valence-corrected chi connectivity index (χ0v) is 12.2. The van der Waals surface area contributed by atoms with E-state index < -0.39 is 0 Å². The highest BCUT2D eigenvalue weighted by atomic mass is 16.5. The van der Waals surface area contributed by atoms with Crippen LogP contribution < -0.4 is 10.1 Å². The Labute approximate surface area is 115 Å². The van der Waals surface area contributed by atoms with Gasteiger partial charge in [-0.05, 0) is 44.0 Å². The van der Waals surface area contributed by atoms with Crippen LogP contribution in [0.2, 0.25) is 0 Å². The first kappa shape index (κ1) is 15.3. The maximum absolute atomic E-state index is 11.8.